The SMILES string of the molecule is Cc1nc2nc(C)c(NC(=O)N3CCc4c(N5CCN(C(=O)OC(C)(C)C)[C@@H](C)C5)ccnc43)cn2n1. The Bertz CT molecular complexity index is 1360. The van der Waals surface area contributed by atoms with E-state index in [9.17, 15) is 9.59 Å². The molecule has 0 bridgehead atoms. The molecule has 12 nitrogen and oxygen atoms in total. The fraction of sp³-hybridized carbons (Fsp3) is 0.520. The molecule has 196 valence electrons. The van der Waals surface area contributed by atoms with Gasteiger partial charge in [-0.25, -0.2) is 24.1 Å². The predicted molar refractivity (Wildman–Crippen MR) is 139 cm³/mol. The first kappa shape index (κ1) is 24.7. The van der Waals surface area contributed by atoms with Crippen LogP contribution in [0.15, 0.2) is 18.5 Å². The second kappa shape index (κ2) is 9.16. The first-order chi connectivity index (χ1) is 17.5. The van der Waals surface area contributed by atoms with Crippen LogP contribution in [0.4, 0.5) is 26.8 Å². The highest BCUT2D eigenvalue weighted by atomic mass is 16.6. The van der Waals surface area contributed by atoms with Gasteiger partial charge in [0.1, 0.15) is 17.2 Å². The minimum Gasteiger partial charge on any atom is -0.444 e. The fourth-order valence-corrected chi connectivity index (χ4v) is 4.85. The number of carbonyl (C=O) groups is 2. The lowest BCUT2D eigenvalue weighted by Gasteiger charge is -2.41. The number of ether oxygens (including phenoxy) is 1. The number of carbonyl (C=O) groups excluding carboxylic acids is 2. The maximum absolute atomic E-state index is 13.3. The van der Waals surface area contributed by atoms with Gasteiger partial charge in [-0.2, -0.15) is 10.1 Å². The van der Waals surface area contributed by atoms with Crippen LogP contribution in [0, 0.1) is 13.8 Å². The van der Waals surface area contributed by atoms with Crippen LogP contribution in [0.5, 0.6) is 0 Å². The first-order valence-electron chi connectivity index (χ1n) is 12.5. The maximum atomic E-state index is 13.3. The summed E-state index contributed by atoms with van der Waals surface area (Å²) in [5.74, 6) is 1.76. The molecule has 5 rings (SSSR count). The van der Waals surface area contributed by atoms with E-state index in [1.54, 1.807) is 33.6 Å². The molecule has 0 aromatic carbocycles. The highest BCUT2D eigenvalue weighted by molar-refractivity contribution is 6.03. The van der Waals surface area contributed by atoms with Gasteiger partial charge in [0.15, 0.2) is 0 Å². The molecule has 3 amide bonds. The van der Waals surface area contributed by atoms with Gasteiger partial charge in [0.2, 0.25) is 0 Å². The van der Waals surface area contributed by atoms with Crippen LogP contribution in [-0.4, -0.2) is 79.4 Å². The lowest BCUT2D eigenvalue weighted by Crippen LogP contribution is -2.55. The second-order valence-corrected chi connectivity index (χ2v) is 10.6. The number of aryl methyl sites for hydroxylation is 2. The van der Waals surface area contributed by atoms with Crippen LogP contribution in [0.2, 0.25) is 0 Å². The molecule has 0 spiro atoms. The van der Waals surface area contributed by atoms with Crippen molar-refractivity contribution in [3.63, 3.8) is 0 Å². The van der Waals surface area contributed by atoms with Gasteiger partial charge in [-0.15, -0.1) is 0 Å². The summed E-state index contributed by atoms with van der Waals surface area (Å²) in [5, 5.41) is 7.25. The van der Waals surface area contributed by atoms with Crippen molar-refractivity contribution < 1.29 is 14.3 Å². The number of amides is 3. The average molecular weight is 508 g/mol. The molecule has 2 aliphatic rings. The third kappa shape index (κ3) is 4.87. The summed E-state index contributed by atoms with van der Waals surface area (Å²) in [7, 11) is 0. The van der Waals surface area contributed by atoms with Crippen LogP contribution < -0.4 is 15.1 Å². The topological polar surface area (TPSA) is 121 Å². The van der Waals surface area contributed by atoms with Gasteiger partial charge in [0.05, 0.1) is 17.6 Å². The number of anilines is 3. The van der Waals surface area contributed by atoms with Crippen molar-refractivity contribution in [1.29, 1.82) is 0 Å². The van der Waals surface area contributed by atoms with E-state index in [0.717, 1.165) is 11.3 Å². The normalized spacial score (nSPS) is 17.8. The summed E-state index contributed by atoms with van der Waals surface area (Å²) >= 11 is 0. The summed E-state index contributed by atoms with van der Waals surface area (Å²) in [6.45, 7) is 13.7. The van der Waals surface area contributed by atoms with E-state index in [-0.39, 0.29) is 18.2 Å². The van der Waals surface area contributed by atoms with Crippen LogP contribution >= 0.6 is 0 Å². The van der Waals surface area contributed by atoms with Gasteiger partial charge >= 0.3 is 12.1 Å². The molecule has 1 saturated heterocycles. The summed E-state index contributed by atoms with van der Waals surface area (Å²) in [5.41, 5.74) is 2.78. The zero-order valence-corrected chi connectivity index (χ0v) is 22.1. The number of rotatable bonds is 2. The van der Waals surface area contributed by atoms with Gasteiger partial charge in [-0.05, 0) is 54.0 Å². The molecular formula is C25H33N9O3. The Morgan fingerprint density at radius 1 is 1.14 bits per heavy atom. The number of fused-ring (bicyclic) bond motifs is 2. The van der Waals surface area contributed by atoms with Crippen molar-refractivity contribution in [2.24, 2.45) is 0 Å². The predicted octanol–water partition coefficient (Wildman–Crippen LogP) is 3.18. The lowest BCUT2D eigenvalue weighted by molar-refractivity contribution is 0.0159. The van der Waals surface area contributed by atoms with E-state index in [0.29, 0.717) is 61.4 Å². The maximum Gasteiger partial charge on any atom is 0.410 e. The molecular weight excluding hydrogens is 474 g/mol. The van der Waals surface area contributed by atoms with Gasteiger partial charge in [-0.3, -0.25) is 4.90 Å². The Morgan fingerprint density at radius 2 is 1.92 bits per heavy atom. The van der Waals surface area contributed by atoms with Crippen molar-refractivity contribution in [3.8, 4) is 0 Å². The van der Waals surface area contributed by atoms with Crippen molar-refractivity contribution in [3.05, 3.63) is 35.5 Å². The van der Waals surface area contributed by atoms with E-state index < -0.39 is 5.60 Å². The monoisotopic (exact) mass is 507 g/mol. The zero-order chi connectivity index (χ0) is 26.5. The summed E-state index contributed by atoms with van der Waals surface area (Å²) in [4.78, 5) is 44.9. The Kier molecular flexibility index (Phi) is 6.12. The Labute approximate surface area is 215 Å². The molecule has 3 aromatic heterocycles. The molecule has 0 radical (unpaired) electrons. The van der Waals surface area contributed by atoms with Gasteiger partial charge in [0, 0.05) is 49.7 Å². The van der Waals surface area contributed by atoms with E-state index in [1.807, 2.05) is 40.7 Å². The Hall–Kier alpha value is -3.96. The minimum absolute atomic E-state index is 0.0148. The number of hydrogen-bond acceptors (Lipinski definition) is 8. The van der Waals surface area contributed by atoms with E-state index >= 15 is 0 Å². The number of pyridine rings is 1. The van der Waals surface area contributed by atoms with Crippen molar-refractivity contribution in [2.45, 2.75) is 59.6 Å². The number of nitrogens with one attached hydrogen (secondary N) is 1. The van der Waals surface area contributed by atoms with Gasteiger partial charge in [0.25, 0.3) is 5.78 Å². The minimum atomic E-state index is -0.529. The van der Waals surface area contributed by atoms with E-state index in [2.05, 4.69) is 30.3 Å². The molecule has 3 aromatic rings. The molecule has 37 heavy (non-hydrogen) atoms. The molecule has 12 heteroatoms. The van der Waals surface area contributed by atoms with Crippen LogP contribution in [0.1, 0.15) is 44.8 Å². The highest BCUT2D eigenvalue weighted by Gasteiger charge is 2.34. The zero-order valence-electron chi connectivity index (χ0n) is 22.1. The molecule has 1 fully saturated rings. The van der Waals surface area contributed by atoms with Gasteiger partial charge < -0.3 is 19.9 Å². The summed E-state index contributed by atoms with van der Waals surface area (Å²) in [6, 6.07) is 1.71. The first-order valence-corrected chi connectivity index (χ1v) is 12.5. The standard InChI is InChI=1S/C25H33N9O3/c1-15-13-31(11-12-32(15)24(36)37-25(4,5)6)20-7-9-26-21-18(20)8-10-33(21)23(35)29-19-14-34-22(27-16(19)2)28-17(3)30-34/h7,9,14-15H,8,10-13H2,1-6H3,(H,29,35)/t15-/m0/s1. The molecule has 0 aliphatic carbocycles. The smallest absolute Gasteiger partial charge is 0.410 e. The quantitative estimate of drug-likeness (QED) is 0.561. The highest BCUT2D eigenvalue weighted by Crippen LogP contribution is 2.35. The number of hydrogen-bond donors (Lipinski definition) is 1. The number of piperazine rings is 1. The molecule has 2 aliphatic heterocycles. The van der Waals surface area contributed by atoms with E-state index in [1.165, 1.54) is 0 Å². The third-order valence-electron chi connectivity index (χ3n) is 6.56. The number of nitrogens with zero attached hydrogens (tertiary/aromatic N) is 8. The van der Waals surface area contributed by atoms with Crippen molar-refractivity contribution in [2.75, 3.05) is 41.3 Å². The average Bonchev–Trinajstić information content (AvgIpc) is 3.40. The number of urea groups is 1. The molecule has 1 atom stereocenters. The van der Waals surface area contributed by atoms with Crippen molar-refractivity contribution in [1.82, 2.24) is 29.5 Å². The lowest BCUT2D eigenvalue weighted by atomic mass is 10.1. The van der Waals surface area contributed by atoms with Crippen LogP contribution in [-0.2, 0) is 11.2 Å². The summed E-state index contributed by atoms with van der Waals surface area (Å²) in [6.07, 6.45) is 3.88. The Morgan fingerprint density at radius 3 is 2.65 bits per heavy atom. The molecule has 1 N–H and O–H groups in total. The Balaban J connectivity index is 1.31. The van der Waals surface area contributed by atoms with Gasteiger partial charge in [-0.1, -0.05) is 0 Å². The molecule has 0 unspecified atom stereocenters. The molecule has 5 heterocycles. The van der Waals surface area contributed by atoms with Crippen molar-refractivity contribution >= 4 is 35.1 Å². The van der Waals surface area contributed by atoms with Crippen LogP contribution in [0.25, 0.3) is 5.78 Å². The number of aromatic nitrogens is 5. The largest absolute Gasteiger partial charge is 0.444 e. The fourth-order valence-electron chi connectivity index (χ4n) is 4.85. The third-order valence-corrected chi connectivity index (χ3v) is 6.56. The van der Waals surface area contributed by atoms with Crippen LogP contribution in [0.3, 0.4) is 0 Å². The molecule has 0 saturated carbocycles. The van der Waals surface area contributed by atoms with E-state index in [4.69, 9.17) is 4.74 Å². The second-order valence-electron chi connectivity index (χ2n) is 10.6. The summed E-state index contributed by atoms with van der Waals surface area (Å²) < 4.78 is 7.14.